The second kappa shape index (κ2) is 8.79. The van der Waals surface area contributed by atoms with Crippen LogP contribution in [-0.4, -0.2) is 37.4 Å². The summed E-state index contributed by atoms with van der Waals surface area (Å²) in [6.45, 7) is 2.58. The molecule has 0 spiro atoms. The first kappa shape index (κ1) is 16.8. The fraction of sp³-hybridized carbons (Fsp3) is 0.500. The number of halogens is 1. The van der Waals surface area contributed by atoms with Crippen molar-refractivity contribution in [3.63, 3.8) is 0 Å². The van der Waals surface area contributed by atoms with E-state index in [0.717, 1.165) is 6.42 Å². The number of aliphatic hydroxyl groups excluding tert-OH is 1. The van der Waals surface area contributed by atoms with E-state index >= 15 is 0 Å². The van der Waals surface area contributed by atoms with Gasteiger partial charge in [0.15, 0.2) is 0 Å². The molecule has 20 heavy (non-hydrogen) atoms. The molecule has 6 heteroatoms. The van der Waals surface area contributed by atoms with Crippen molar-refractivity contribution < 1.29 is 14.6 Å². The van der Waals surface area contributed by atoms with Gasteiger partial charge in [-0.3, -0.25) is 0 Å². The molecule has 2 atom stereocenters. The first-order chi connectivity index (χ1) is 9.54. The number of benzene rings is 1. The van der Waals surface area contributed by atoms with Crippen LogP contribution in [-0.2, 0) is 4.74 Å². The number of urea groups is 1. The molecule has 0 bridgehead atoms. The van der Waals surface area contributed by atoms with E-state index in [4.69, 9.17) is 16.3 Å². The quantitative estimate of drug-likeness (QED) is 0.722. The van der Waals surface area contributed by atoms with E-state index in [-0.39, 0.29) is 18.6 Å². The zero-order chi connectivity index (χ0) is 15.0. The van der Waals surface area contributed by atoms with E-state index in [1.165, 1.54) is 0 Å². The van der Waals surface area contributed by atoms with Gasteiger partial charge in [-0.1, -0.05) is 29.8 Å². The highest BCUT2D eigenvalue weighted by molar-refractivity contribution is 6.31. The highest BCUT2D eigenvalue weighted by Gasteiger charge is 2.13. The predicted molar refractivity (Wildman–Crippen MR) is 78.9 cm³/mol. The third-order valence-corrected chi connectivity index (χ3v) is 3.20. The molecule has 0 radical (unpaired) electrons. The third-order valence-electron chi connectivity index (χ3n) is 2.85. The number of hydrogen-bond donors (Lipinski definition) is 3. The summed E-state index contributed by atoms with van der Waals surface area (Å²) in [5, 5.41) is 15.8. The van der Waals surface area contributed by atoms with E-state index in [1.807, 2.05) is 6.92 Å². The minimum atomic E-state index is -0.830. The van der Waals surface area contributed by atoms with Crippen molar-refractivity contribution in [2.75, 3.05) is 20.3 Å². The summed E-state index contributed by atoms with van der Waals surface area (Å²) in [5.74, 6) is 0. The zero-order valence-electron chi connectivity index (χ0n) is 11.7. The van der Waals surface area contributed by atoms with Crippen LogP contribution in [0.5, 0.6) is 0 Å². The molecule has 0 aromatic heterocycles. The van der Waals surface area contributed by atoms with Crippen molar-refractivity contribution >= 4 is 17.6 Å². The average molecular weight is 301 g/mol. The first-order valence-corrected chi connectivity index (χ1v) is 6.88. The Balaban J connectivity index is 2.35. The van der Waals surface area contributed by atoms with Crippen LogP contribution in [0.3, 0.4) is 0 Å². The second-order valence-corrected chi connectivity index (χ2v) is 4.98. The lowest BCUT2D eigenvalue weighted by molar-refractivity contribution is 0.169. The zero-order valence-corrected chi connectivity index (χ0v) is 12.5. The van der Waals surface area contributed by atoms with Gasteiger partial charge in [-0.15, -0.1) is 0 Å². The molecular formula is C14H21ClN2O3. The first-order valence-electron chi connectivity index (χ1n) is 6.50. The Morgan fingerprint density at radius 1 is 1.45 bits per heavy atom. The van der Waals surface area contributed by atoms with Gasteiger partial charge in [-0.25, -0.2) is 4.79 Å². The Morgan fingerprint density at radius 3 is 2.80 bits per heavy atom. The van der Waals surface area contributed by atoms with Crippen molar-refractivity contribution in [3.05, 3.63) is 34.9 Å². The van der Waals surface area contributed by atoms with Gasteiger partial charge in [-0.2, -0.15) is 0 Å². The van der Waals surface area contributed by atoms with Crippen LogP contribution in [0.25, 0.3) is 0 Å². The molecule has 1 aromatic carbocycles. The highest BCUT2D eigenvalue weighted by Crippen LogP contribution is 2.21. The van der Waals surface area contributed by atoms with Gasteiger partial charge >= 0.3 is 6.03 Å². The fourth-order valence-electron chi connectivity index (χ4n) is 1.69. The van der Waals surface area contributed by atoms with Gasteiger partial charge in [-0.05, 0) is 19.4 Å². The number of aliphatic hydroxyl groups is 1. The van der Waals surface area contributed by atoms with Crippen molar-refractivity contribution in [1.82, 2.24) is 10.6 Å². The molecular weight excluding hydrogens is 280 g/mol. The summed E-state index contributed by atoms with van der Waals surface area (Å²) < 4.78 is 4.94. The van der Waals surface area contributed by atoms with Crippen LogP contribution < -0.4 is 10.6 Å². The lowest BCUT2D eigenvalue weighted by Gasteiger charge is -2.17. The summed E-state index contributed by atoms with van der Waals surface area (Å²) in [6.07, 6.45) is -0.0968. The van der Waals surface area contributed by atoms with Crippen LogP contribution >= 0.6 is 11.6 Å². The molecule has 5 nitrogen and oxygen atoms in total. The molecule has 0 fully saturated rings. The molecule has 1 aromatic rings. The van der Waals surface area contributed by atoms with Crippen LogP contribution in [0.2, 0.25) is 5.02 Å². The summed E-state index contributed by atoms with van der Waals surface area (Å²) >= 11 is 5.97. The van der Waals surface area contributed by atoms with E-state index in [9.17, 15) is 9.90 Å². The van der Waals surface area contributed by atoms with Crippen molar-refractivity contribution in [1.29, 1.82) is 0 Å². The lowest BCUT2D eigenvalue weighted by Crippen LogP contribution is -2.42. The Kier molecular flexibility index (Phi) is 7.36. The monoisotopic (exact) mass is 300 g/mol. The number of ether oxygens (including phenoxy) is 1. The summed E-state index contributed by atoms with van der Waals surface area (Å²) in [6, 6.07) is 6.70. The van der Waals surface area contributed by atoms with E-state index in [1.54, 1.807) is 31.4 Å². The number of methoxy groups -OCH3 is 1. The van der Waals surface area contributed by atoms with Crippen molar-refractivity contribution in [2.24, 2.45) is 0 Å². The molecule has 112 valence electrons. The minimum Gasteiger partial charge on any atom is -0.387 e. The normalized spacial score (nSPS) is 13.6. The molecule has 2 amide bonds. The van der Waals surface area contributed by atoms with E-state index in [0.29, 0.717) is 17.2 Å². The third kappa shape index (κ3) is 5.77. The standard InChI is InChI=1S/C14H21ClN2O3/c1-10(7-8-20-2)17-14(19)16-9-13(18)11-5-3-4-6-12(11)15/h3-6,10,13,18H,7-9H2,1-2H3,(H2,16,17,19). The van der Waals surface area contributed by atoms with Crippen LogP contribution in [0.1, 0.15) is 25.0 Å². The molecule has 2 unspecified atom stereocenters. The Bertz CT molecular complexity index is 429. The molecule has 0 saturated heterocycles. The number of nitrogens with one attached hydrogen (secondary N) is 2. The van der Waals surface area contributed by atoms with Gasteiger partial charge < -0.3 is 20.5 Å². The number of carbonyl (C=O) groups excluding carboxylic acids is 1. The smallest absolute Gasteiger partial charge is 0.315 e. The van der Waals surface area contributed by atoms with Crippen LogP contribution in [0.4, 0.5) is 4.79 Å². The number of hydrogen-bond acceptors (Lipinski definition) is 3. The molecule has 0 aliphatic heterocycles. The molecule has 0 aliphatic carbocycles. The topological polar surface area (TPSA) is 70.6 Å². The van der Waals surface area contributed by atoms with Crippen LogP contribution in [0.15, 0.2) is 24.3 Å². The maximum atomic E-state index is 11.6. The number of rotatable bonds is 7. The fourth-order valence-corrected chi connectivity index (χ4v) is 1.95. The maximum Gasteiger partial charge on any atom is 0.315 e. The largest absolute Gasteiger partial charge is 0.387 e. The van der Waals surface area contributed by atoms with Crippen molar-refractivity contribution in [2.45, 2.75) is 25.5 Å². The Morgan fingerprint density at radius 2 is 2.15 bits per heavy atom. The molecule has 3 N–H and O–H groups in total. The van der Waals surface area contributed by atoms with Gasteiger partial charge in [0.2, 0.25) is 0 Å². The molecule has 0 aliphatic rings. The van der Waals surface area contributed by atoms with E-state index < -0.39 is 6.10 Å². The van der Waals surface area contributed by atoms with E-state index in [2.05, 4.69) is 10.6 Å². The van der Waals surface area contributed by atoms with Crippen molar-refractivity contribution in [3.8, 4) is 0 Å². The molecule has 0 saturated carbocycles. The number of amides is 2. The number of carbonyl (C=O) groups is 1. The molecule has 1 rings (SSSR count). The Labute approximate surface area is 124 Å². The van der Waals surface area contributed by atoms with Gasteiger partial charge in [0.25, 0.3) is 0 Å². The molecule has 0 heterocycles. The van der Waals surface area contributed by atoms with Gasteiger partial charge in [0.1, 0.15) is 0 Å². The summed E-state index contributed by atoms with van der Waals surface area (Å²) in [5.41, 5.74) is 0.599. The minimum absolute atomic E-state index is 0.00686. The maximum absolute atomic E-state index is 11.6. The Hall–Kier alpha value is -1.30. The summed E-state index contributed by atoms with van der Waals surface area (Å²) in [4.78, 5) is 11.6. The predicted octanol–water partition coefficient (Wildman–Crippen LogP) is 2.10. The second-order valence-electron chi connectivity index (χ2n) is 4.57. The lowest BCUT2D eigenvalue weighted by atomic mass is 10.1. The summed E-state index contributed by atoms with van der Waals surface area (Å²) in [7, 11) is 1.62. The SMILES string of the molecule is COCCC(C)NC(=O)NCC(O)c1ccccc1Cl. The van der Waals surface area contributed by atoms with Gasteiger partial charge in [0, 0.05) is 36.9 Å². The highest BCUT2D eigenvalue weighted by atomic mass is 35.5. The average Bonchev–Trinajstić information content (AvgIpc) is 2.43. The van der Waals surface area contributed by atoms with Crippen LogP contribution in [0, 0.1) is 0 Å². The van der Waals surface area contributed by atoms with Gasteiger partial charge in [0.05, 0.1) is 6.10 Å².